The molecule has 1 heterocycles. The summed E-state index contributed by atoms with van der Waals surface area (Å²) in [5.74, 6) is -0.510. The zero-order valence-electron chi connectivity index (χ0n) is 10.3. The van der Waals surface area contributed by atoms with Crippen molar-refractivity contribution in [3.05, 3.63) is 47.3 Å². The van der Waals surface area contributed by atoms with Crippen molar-refractivity contribution in [2.45, 2.75) is 13.3 Å². The standard InChI is InChI=1S/C13H13N3O2/c1-9-4-3-5-10(6-9)12(17)7-13(18)11-8-16(2)15-14-11/h3-6,8H,7H2,1-2H3. The molecule has 0 aliphatic rings. The van der Waals surface area contributed by atoms with Gasteiger partial charge in [0.05, 0.1) is 12.6 Å². The van der Waals surface area contributed by atoms with Gasteiger partial charge in [-0.3, -0.25) is 14.3 Å². The summed E-state index contributed by atoms with van der Waals surface area (Å²) in [7, 11) is 1.67. The van der Waals surface area contributed by atoms with Gasteiger partial charge in [0.1, 0.15) is 5.69 Å². The van der Waals surface area contributed by atoms with Crippen molar-refractivity contribution in [1.29, 1.82) is 0 Å². The van der Waals surface area contributed by atoms with Crippen LogP contribution in [0, 0.1) is 6.92 Å². The second-order valence-electron chi connectivity index (χ2n) is 4.17. The monoisotopic (exact) mass is 243 g/mol. The van der Waals surface area contributed by atoms with E-state index in [1.165, 1.54) is 10.9 Å². The van der Waals surface area contributed by atoms with Gasteiger partial charge in [-0.15, -0.1) is 5.10 Å². The molecule has 0 atom stereocenters. The van der Waals surface area contributed by atoms with E-state index in [-0.39, 0.29) is 23.7 Å². The van der Waals surface area contributed by atoms with Crippen molar-refractivity contribution in [3.8, 4) is 0 Å². The van der Waals surface area contributed by atoms with Gasteiger partial charge in [-0.2, -0.15) is 0 Å². The SMILES string of the molecule is Cc1cccc(C(=O)CC(=O)c2cn(C)nn2)c1. The minimum Gasteiger partial charge on any atom is -0.294 e. The summed E-state index contributed by atoms with van der Waals surface area (Å²) in [5.41, 5.74) is 1.76. The first-order valence-electron chi connectivity index (χ1n) is 5.55. The molecule has 0 unspecified atom stereocenters. The molecule has 2 rings (SSSR count). The van der Waals surface area contributed by atoms with Gasteiger partial charge < -0.3 is 0 Å². The second kappa shape index (κ2) is 4.91. The number of aryl methyl sites for hydroxylation is 2. The van der Waals surface area contributed by atoms with Gasteiger partial charge in [0.25, 0.3) is 0 Å². The van der Waals surface area contributed by atoms with Crippen LogP contribution in [0.25, 0.3) is 0 Å². The fourth-order valence-corrected chi connectivity index (χ4v) is 1.63. The van der Waals surface area contributed by atoms with E-state index in [9.17, 15) is 9.59 Å². The maximum atomic E-state index is 11.9. The van der Waals surface area contributed by atoms with Crippen LogP contribution in [0.3, 0.4) is 0 Å². The zero-order valence-corrected chi connectivity index (χ0v) is 10.3. The summed E-state index contributed by atoms with van der Waals surface area (Å²) < 4.78 is 1.43. The largest absolute Gasteiger partial charge is 0.294 e. The molecule has 0 saturated heterocycles. The fourth-order valence-electron chi connectivity index (χ4n) is 1.63. The first kappa shape index (κ1) is 12.2. The van der Waals surface area contributed by atoms with E-state index in [0.717, 1.165) is 5.56 Å². The topological polar surface area (TPSA) is 64.8 Å². The van der Waals surface area contributed by atoms with Crippen LogP contribution < -0.4 is 0 Å². The van der Waals surface area contributed by atoms with Crippen molar-refractivity contribution >= 4 is 11.6 Å². The molecule has 18 heavy (non-hydrogen) atoms. The maximum Gasteiger partial charge on any atom is 0.192 e. The molecule has 0 saturated carbocycles. The Kier molecular flexibility index (Phi) is 3.32. The Hall–Kier alpha value is -2.30. The van der Waals surface area contributed by atoms with E-state index < -0.39 is 0 Å². The highest BCUT2D eigenvalue weighted by molar-refractivity contribution is 6.12. The van der Waals surface area contributed by atoms with E-state index in [1.807, 2.05) is 13.0 Å². The Morgan fingerprint density at radius 2 is 2.06 bits per heavy atom. The number of aromatic nitrogens is 3. The van der Waals surface area contributed by atoms with Crippen LogP contribution in [0.1, 0.15) is 32.8 Å². The number of Topliss-reactive ketones (excluding diaryl/α,β-unsaturated/α-hetero) is 2. The normalized spacial score (nSPS) is 10.3. The summed E-state index contributed by atoms with van der Waals surface area (Å²) in [5, 5.41) is 7.36. The first-order chi connectivity index (χ1) is 8.56. The van der Waals surface area contributed by atoms with Crippen LogP contribution in [0.15, 0.2) is 30.5 Å². The average Bonchev–Trinajstić information content (AvgIpc) is 2.76. The molecule has 2 aromatic rings. The molecule has 0 radical (unpaired) electrons. The van der Waals surface area contributed by atoms with E-state index in [2.05, 4.69) is 10.3 Å². The molecule has 1 aromatic carbocycles. The van der Waals surface area contributed by atoms with Gasteiger partial charge in [-0.25, -0.2) is 0 Å². The van der Waals surface area contributed by atoms with Crippen LogP contribution >= 0.6 is 0 Å². The number of carbonyl (C=O) groups is 2. The number of hydrogen-bond donors (Lipinski definition) is 0. The summed E-state index contributed by atoms with van der Waals surface area (Å²) in [6.07, 6.45) is 1.33. The molecule has 0 spiro atoms. The molecular weight excluding hydrogens is 230 g/mol. The lowest BCUT2D eigenvalue weighted by Gasteiger charge is -2.00. The van der Waals surface area contributed by atoms with Crippen molar-refractivity contribution in [1.82, 2.24) is 15.0 Å². The van der Waals surface area contributed by atoms with Gasteiger partial charge >= 0.3 is 0 Å². The van der Waals surface area contributed by atoms with Crippen LogP contribution in [0.2, 0.25) is 0 Å². The van der Waals surface area contributed by atoms with E-state index >= 15 is 0 Å². The molecule has 0 aliphatic heterocycles. The third kappa shape index (κ3) is 2.68. The summed E-state index contributed by atoms with van der Waals surface area (Å²) in [6, 6.07) is 7.18. The Morgan fingerprint density at radius 3 is 2.67 bits per heavy atom. The highest BCUT2D eigenvalue weighted by Gasteiger charge is 2.16. The molecule has 5 heteroatoms. The summed E-state index contributed by atoms with van der Waals surface area (Å²) in [4.78, 5) is 23.7. The lowest BCUT2D eigenvalue weighted by molar-refractivity contribution is 0.0891. The second-order valence-corrected chi connectivity index (χ2v) is 4.17. The molecule has 0 bridgehead atoms. The van der Waals surface area contributed by atoms with Crippen molar-refractivity contribution in [2.75, 3.05) is 0 Å². The molecule has 0 aliphatic carbocycles. The minimum atomic E-state index is -0.311. The molecular formula is C13H13N3O2. The minimum absolute atomic E-state index is 0.178. The number of benzene rings is 1. The third-order valence-electron chi connectivity index (χ3n) is 2.55. The molecule has 5 nitrogen and oxygen atoms in total. The highest BCUT2D eigenvalue weighted by atomic mass is 16.1. The first-order valence-corrected chi connectivity index (χ1v) is 5.55. The zero-order chi connectivity index (χ0) is 13.1. The number of carbonyl (C=O) groups excluding carboxylic acids is 2. The van der Waals surface area contributed by atoms with E-state index in [1.54, 1.807) is 25.2 Å². The van der Waals surface area contributed by atoms with E-state index in [0.29, 0.717) is 5.56 Å². The smallest absolute Gasteiger partial charge is 0.192 e. The van der Waals surface area contributed by atoms with Gasteiger partial charge in [-0.1, -0.05) is 29.0 Å². The van der Waals surface area contributed by atoms with Crippen molar-refractivity contribution in [3.63, 3.8) is 0 Å². The van der Waals surface area contributed by atoms with Crippen LogP contribution in [-0.4, -0.2) is 26.6 Å². The summed E-state index contributed by atoms with van der Waals surface area (Å²) in [6.45, 7) is 1.90. The number of nitrogens with zero attached hydrogens (tertiary/aromatic N) is 3. The van der Waals surface area contributed by atoms with E-state index in [4.69, 9.17) is 0 Å². The van der Waals surface area contributed by atoms with Gasteiger partial charge in [0.2, 0.25) is 0 Å². The quantitative estimate of drug-likeness (QED) is 0.604. The molecule has 1 aromatic heterocycles. The predicted molar refractivity (Wildman–Crippen MR) is 65.5 cm³/mol. The Bertz CT molecular complexity index is 602. The number of ketones is 2. The van der Waals surface area contributed by atoms with Crippen LogP contribution in [0.4, 0.5) is 0 Å². The average molecular weight is 243 g/mol. The molecule has 92 valence electrons. The Labute approximate surface area is 104 Å². The lowest BCUT2D eigenvalue weighted by Crippen LogP contribution is -2.09. The van der Waals surface area contributed by atoms with Gasteiger partial charge in [0.15, 0.2) is 11.6 Å². The van der Waals surface area contributed by atoms with Crippen LogP contribution in [-0.2, 0) is 7.05 Å². The predicted octanol–water partition coefficient (Wildman–Crippen LogP) is 1.58. The third-order valence-corrected chi connectivity index (χ3v) is 2.55. The van der Waals surface area contributed by atoms with Gasteiger partial charge in [0, 0.05) is 12.6 Å². The van der Waals surface area contributed by atoms with Crippen molar-refractivity contribution in [2.24, 2.45) is 7.05 Å². The molecule has 0 amide bonds. The summed E-state index contributed by atoms with van der Waals surface area (Å²) >= 11 is 0. The van der Waals surface area contributed by atoms with Crippen molar-refractivity contribution < 1.29 is 9.59 Å². The molecule has 0 N–H and O–H groups in total. The number of hydrogen-bond acceptors (Lipinski definition) is 4. The lowest BCUT2D eigenvalue weighted by atomic mass is 10.0. The maximum absolute atomic E-state index is 11.9. The fraction of sp³-hybridized carbons (Fsp3) is 0.231. The van der Waals surface area contributed by atoms with Crippen LogP contribution in [0.5, 0.6) is 0 Å². The highest BCUT2D eigenvalue weighted by Crippen LogP contribution is 2.09. The Morgan fingerprint density at radius 1 is 1.28 bits per heavy atom. The molecule has 0 fully saturated rings. The van der Waals surface area contributed by atoms with Gasteiger partial charge in [-0.05, 0) is 13.0 Å². The Balaban J connectivity index is 2.10. The number of rotatable bonds is 4.